The first-order valence-corrected chi connectivity index (χ1v) is 16.0. The maximum absolute atomic E-state index is 14.1. The number of ether oxygens (including phenoxy) is 2. The second-order valence-corrected chi connectivity index (χ2v) is 14.3. The van der Waals surface area contributed by atoms with Gasteiger partial charge >= 0.3 is 0 Å². The first kappa shape index (κ1) is 27.8. The molecule has 41 heavy (non-hydrogen) atoms. The lowest BCUT2D eigenvalue weighted by atomic mass is 9.48. The van der Waals surface area contributed by atoms with Crippen molar-refractivity contribution in [2.75, 3.05) is 26.7 Å². The van der Waals surface area contributed by atoms with E-state index in [9.17, 15) is 9.90 Å². The van der Waals surface area contributed by atoms with Crippen molar-refractivity contribution in [2.45, 2.75) is 88.0 Å². The van der Waals surface area contributed by atoms with E-state index in [1.165, 1.54) is 18.4 Å². The van der Waals surface area contributed by atoms with E-state index in [4.69, 9.17) is 32.7 Å². The molecule has 3 fully saturated rings. The van der Waals surface area contributed by atoms with Gasteiger partial charge in [-0.15, -0.1) is 0 Å². The molecule has 5 aliphatic rings. The van der Waals surface area contributed by atoms with Gasteiger partial charge < -0.3 is 19.5 Å². The van der Waals surface area contributed by atoms with E-state index in [2.05, 4.69) is 24.8 Å². The smallest absolute Gasteiger partial charge is 0.227 e. The normalized spacial score (nSPS) is 31.5. The predicted octanol–water partition coefficient (Wildman–Crippen LogP) is 5.66. The molecule has 220 valence electrons. The van der Waals surface area contributed by atoms with Crippen LogP contribution in [-0.2, 0) is 23.1 Å². The van der Waals surface area contributed by atoms with Crippen LogP contribution in [0.4, 0.5) is 0 Å². The molecule has 2 bridgehead atoms. The number of hydrogen-bond donors (Lipinski definition) is 1. The Morgan fingerprint density at radius 3 is 2.68 bits per heavy atom. The average Bonchev–Trinajstić information content (AvgIpc) is 3.68. The Morgan fingerprint density at radius 1 is 1.17 bits per heavy atom. The van der Waals surface area contributed by atoms with Gasteiger partial charge in [-0.2, -0.15) is 0 Å². The molecule has 2 aromatic rings. The van der Waals surface area contributed by atoms with E-state index in [-0.39, 0.29) is 36.4 Å². The third kappa shape index (κ3) is 4.22. The lowest BCUT2D eigenvalue weighted by Crippen LogP contribution is -2.78. The second kappa shape index (κ2) is 10.0. The number of rotatable bonds is 8. The zero-order valence-corrected chi connectivity index (χ0v) is 25.7. The Kier molecular flexibility index (Phi) is 6.81. The third-order valence-electron chi connectivity index (χ3n) is 10.6. The number of nitrogens with zero attached hydrogens (tertiary/aromatic N) is 2. The van der Waals surface area contributed by atoms with Crippen LogP contribution in [-0.4, -0.2) is 71.3 Å². The summed E-state index contributed by atoms with van der Waals surface area (Å²) in [6.45, 7) is 6.92. The molecule has 1 saturated heterocycles. The van der Waals surface area contributed by atoms with Gasteiger partial charge in [0.15, 0.2) is 11.5 Å². The maximum atomic E-state index is 14.1. The van der Waals surface area contributed by atoms with Gasteiger partial charge in [0.2, 0.25) is 5.91 Å². The summed E-state index contributed by atoms with van der Waals surface area (Å²) < 4.78 is 12.8. The van der Waals surface area contributed by atoms with Crippen molar-refractivity contribution < 1.29 is 19.4 Å². The number of piperidine rings is 1. The molecule has 2 heterocycles. The Morgan fingerprint density at radius 2 is 1.98 bits per heavy atom. The average molecular weight is 600 g/mol. The maximum Gasteiger partial charge on any atom is 0.227 e. The highest BCUT2D eigenvalue weighted by atomic mass is 35.5. The zero-order chi connectivity index (χ0) is 28.7. The standard InChI is InChI=1S/C33H40Cl2N2O4/c1-19(2)17-37(28(38)15-21-6-8-23(34)24(35)14-21)25-10-11-33(39)27-16-22-7-9-26(40-3)30-29(22)32(33,31(25)41-30)12-13-36(27)18-20-4-5-20/h6-9,14,19-20,25,27,31,39H,4-5,10-13,15-18H2,1-3H3/t25-,27+,31-,32-,33+/m0/s1. The molecule has 0 aromatic heterocycles. The van der Waals surface area contributed by atoms with Gasteiger partial charge in [0.25, 0.3) is 0 Å². The molecule has 1 amide bonds. The van der Waals surface area contributed by atoms with Crippen LogP contribution in [0.25, 0.3) is 0 Å². The number of amides is 1. The van der Waals surface area contributed by atoms with E-state index in [0.29, 0.717) is 35.2 Å². The van der Waals surface area contributed by atoms with E-state index in [1.54, 1.807) is 19.2 Å². The highest BCUT2D eigenvalue weighted by Gasteiger charge is 2.73. The molecular formula is C33H40Cl2N2O4. The molecule has 8 heteroatoms. The molecular weight excluding hydrogens is 559 g/mol. The molecule has 5 atom stereocenters. The summed E-state index contributed by atoms with van der Waals surface area (Å²) in [6, 6.07) is 9.51. The van der Waals surface area contributed by atoms with Crippen LogP contribution in [0.5, 0.6) is 11.5 Å². The van der Waals surface area contributed by atoms with Crippen molar-refractivity contribution in [3.8, 4) is 11.5 Å². The van der Waals surface area contributed by atoms with Crippen LogP contribution in [0.2, 0.25) is 10.0 Å². The summed E-state index contributed by atoms with van der Waals surface area (Å²) in [5, 5.41) is 13.8. The summed E-state index contributed by atoms with van der Waals surface area (Å²) in [5.74, 6) is 2.57. The number of carbonyl (C=O) groups is 1. The van der Waals surface area contributed by atoms with E-state index < -0.39 is 11.0 Å². The number of methoxy groups -OCH3 is 1. The van der Waals surface area contributed by atoms with Gasteiger partial charge in [0.05, 0.1) is 40.6 Å². The quantitative estimate of drug-likeness (QED) is 0.425. The summed E-state index contributed by atoms with van der Waals surface area (Å²) in [7, 11) is 1.68. The van der Waals surface area contributed by atoms with E-state index >= 15 is 0 Å². The zero-order valence-electron chi connectivity index (χ0n) is 24.2. The fourth-order valence-electron chi connectivity index (χ4n) is 8.67. The molecule has 7 rings (SSSR count). The van der Waals surface area contributed by atoms with Crippen LogP contribution in [0.15, 0.2) is 30.3 Å². The SMILES string of the molecule is COc1ccc2c3c1O[C@H]1[C@@H](N(CC(C)C)C(=O)Cc4ccc(Cl)c(Cl)c4)CC[C@@]4(O)[C@@H](C2)N(CC2CC2)CC[C@]314. The van der Waals surface area contributed by atoms with Gasteiger partial charge in [-0.05, 0) is 86.2 Å². The molecule has 2 aliphatic heterocycles. The number of likely N-dealkylation sites (tertiary alicyclic amines) is 1. The van der Waals surface area contributed by atoms with Gasteiger partial charge in [-0.25, -0.2) is 0 Å². The van der Waals surface area contributed by atoms with Gasteiger partial charge in [-0.1, -0.05) is 49.2 Å². The number of benzene rings is 2. The highest BCUT2D eigenvalue weighted by Crippen LogP contribution is 2.66. The summed E-state index contributed by atoms with van der Waals surface area (Å²) in [5.41, 5.74) is 1.75. The van der Waals surface area contributed by atoms with Crippen molar-refractivity contribution in [1.82, 2.24) is 9.80 Å². The summed E-state index contributed by atoms with van der Waals surface area (Å²) >= 11 is 12.5. The largest absolute Gasteiger partial charge is 0.493 e. The van der Waals surface area contributed by atoms with Crippen molar-refractivity contribution in [2.24, 2.45) is 11.8 Å². The van der Waals surface area contributed by atoms with Crippen LogP contribution < -0.4 is 9.47 Å². The van der Waals surface area contributed by atoms with Gasteiger partial charge in [0, 0.05) is 24.7 Å². The van der Waals surface area contributed by atoms with Crippen molar-refractivity contribution >= 4 is 29.1 Å². The number of hydrogen-bond acceptors (Lipinski definition) is 5. The Bertz CT molecular complexity index is 1380. The summed E-state index contributed by atoms with van der Waals surface area (Å²) in [6.07, 6.45) is 5.47. The topological polar surface area (TPSA) is 62.2 Å². The molecule has 2 aromatic carbocycles. The van der Waals surface area contributed by atoms with Gasteiger partial charge in [0.1, 0.15) is 6.10 Å². The van der Waals surface area contributed by atoms with Crippen molar-refractivity contribution in [3.63, 3.8) is 0 Å². The second-order valence-electron chi connectivity index (χ2n) is 13.4. The number of aliphatic hydroxyl groups is 1. The molecule has 0 radical (unpaired) electrons. The summed E-state index contributed by atoms with van der Waals surface area (Å²) in [4.78, 5) is 18.7. The van der Waals surface area contributed by atoms with E-state index in [0.717, 1.165) is 48.7 Å². The Balaban J connectivity index is 1.29. The molecule has 1 spiro atoms. The first-order valence-electron chi connectivity index (χ1n) is 15.2. The van der Waals surface area contributed by atoms with Crippen molar-refractivity contribution in [1.29, 1.82) is 0 Å². The van der Waals surface area contributed by atoms with Crippen LogP contribution in [0.1, 0.15) is 62.6 Å². The minimum atomic E-state index is -0.915. The van der Waals surface area contributed by atoms with E-state index in [1.807, 2.05) is 17.0 Å². The molecule has 3 aliphatic carbocycles. The molecule has 2 saturated carbocycles. The van der Waals surface area contributed by atoms with Crippen molar-refractivity contribution in [3.05, 3.63) is 57.1 Å². The minimum Gasteiger partial charge on any atom is -0.493 e. The fourth-order valence-corrected chi connectivity index (χ4v) is 8.99. The minimum absolute atomic E-state index is 0.0502. The lowest BCUT2D eigenvalue weighted by molar-refractivity contribution is -0.202. The highest BCUT2D eigenvalue weighted by molar-refractivity contribution is 6.42. The molecule has 1 N–H and O–H groups in total. The van der Waals surface area contributed by atoms with Crippen LogP contribution >= 0.6 is 23.2 Å². The number of halogens is 2. The molecule has 6 nitrogen and oxygen atoms in total. The number of carbonyl (C=O) groups excluding carboxylic acids is 1. The monoisotopic (exact) mass is 598 g/mol. The fraction of sp³-hybridized carbons (Fsp3) is 0.606. The molecule has 0 unspecified atom stereocenters. The third-order valence-corrected chi connectivity index (χ3v) is 11.3. The first-order chi connectivity index (χ1) is 19.7. The van der Waals surface area contributed by atoms with Gasteiger partial charge in [-0.3, -0.25) is 9.69 Å². The predicted molar refractivity (Wildman–Crippen MR) is 160 cm³/mol. The lowest BCUT2D eigenvalue weighted by Gasteiger charge is -2.65. The Labute approximate surface area is 252 Å². The van der Waals surface area contributed by atoms with Crippen LogP contribution in [0, 0.1) is 11.8 Å². The van der Waals surface area contributed by atoms with Crippen LogP contribution in [0.3, 0.4) is 0 Å². The Hall–Kier alpha value is -1.99.